The summed E-state index contributed by atoms with van der Waals surface area (Å²) in [5.74, 6) is 0. The van der Waals surface area contributed by atoms with Gasteiger partial charge in [0.25, 0.3) is 0 Å². The van der Waals surface area contributed by atoms with Crippen LogP contribution in [0.4, 0.5) is 0 Å². The van der Waals surface area contributed by atoms with Crippen LogP contribution >= 0.6 is 0 Å². The number of unbranched alkanes of at least 4 members (excludes halogenated alkanes) is 4. The molecule has 0 nitrogen and oxygen atoms in total. The van der Waals surface area contributed by atoms with Gasteiger partial charge in [-0.1, -0.05) is 32.3 Å². The van der Waals surface area contributed by atoms with Gasteiger partial charge in [0.15, 0.2) is 0 Å². The molecule has 0 heterocycles. The summed E-state index contributed by atoms with van der Waals surface area (Å²) >= 11 is 0. The Kier molecular flexibility index (Phi) is 14.1. The Hall–Kier alpha value is -0.0431. The van der Waals surface area contributed by atoms with Crippen LogP contribution in [0.2, 0.25) is 0 Å². The van der Waals surface area contributed by atoms with Crippen LogP contribution in [0, 0.1) is 0 Å². The van der Waals surface area contributed by atoms with E-state index in [1.54, 1.807) is 0 Å². The average Bonchev–Trinajstić information content (AvgIpc) is 1.81. The summed E-state index contributed by atoms with van der Waals surface area (Å²) < 4.78 is 0. The molecule has 0 saturated carbocycles. The summed E-state index contributed by atoms with van der Waals surface area (Å²) in [6, 6.07) is 0. The van der Waals surface area contributed by atoms with Crippen LogP contribution < -0.4 is 0 Å². The van der Waals surface area contributed by atoms with E-state index in [1.165, 1.54) is 32.1 Å². The van der Waals surface area contributed by atoms with E-state index in [4.69, 9.17) is 0 Å². The zero-order valence-electron chi connectivity index (χ0n) is 5.82. The third-order valence-electron chi connectivity index (χ3n) is 1.26. The van der Waals surface area contributed by atoms with E-state index < -0.39 is 0 Å². The second kappa shape index (κ2) is 10.9. The molecule has 0 aromatic rings. The lowest BCUT2D eigenvalue weighted by Gasteiger charge is -1.91. The van der Waals surface area contributed by atoms with E-state index >= 15 is 0 Å². The number of hydrogen-bond acceptors (Lipinski definition) is 0. The van der Waals surface area contributed by atoms with Crippen molar-refractivity contribution in [3.8, 4) is 0 Å². The van der Waals surface area contributed by atoms with Crippen molar-refractivity contribution < 1.29 is 0 Å². The van der Waals surface area contributed by atoms with Crippen molar-refractivity contribution in [3.05, 3.63) is 12.7 Å². The summed E-state index contributed by atoms with van der Waals surface area (Å²) in [4.78, 5) is 0. The Morgan fingerprint density at radius 1 is 1.22 bits per heavy atom. The zero-order valence-corrected chi connectivity index (χ0v) is 5.82. The first-order valence-electron chi connectivity index (χ1n) is 3.52. The first-order valence-corrected chi connectivity index (χ1v) is 3.52. The fourth-order valence-electron chi connectivity index (χ4n) is 0.715. The zero-order chi connectivity index (χ0) is 6.24. The molecule has 9 heavy (non-hydrogen) atoms. The second-order valence-electron chi connectivity index (χ2n) is 2.14. The van der Waals surface area contributed by atoms with E-state index in [-0.39, 0.29) is 11.0 Å². The van der Waals surface area contributed by atoms with Crippen molar-refractivity contribution in [1.29, 1.82) is 0 Å². The molecule has 0 fully saturated rings. The molecule has 0 amide bonds. The van der Waals surface area contributed by atoms with Crippen LogP contribution in [0.25, 0.3) is 0 Å². The highest BCUT2D eigenvalue weighted by Crippen LogP contribution is 2.01. The minimum absolute atomic E-state index is 0. The standard InChI is InChI=1S/C8H16.H4Si/c1-3-5-7-8-6-4-2;/h3H,1,4-8H2,2H3;1H4. The van der Waals surface area contributed by atoms with E-state index in [1.807, 2.05) is 6.08 Å². The fourth-order valence-corrected chi connectivity index (χ4v) is 0.715. The molecule has 0 atom stereocenters. The predicted molar refractivity (Wildman–Crippen MR) is 50.3 cm³/mol. The van der Waals surface area contributed by atoms with Crippen molar-refractivity contribution in [2.75, 3.05) is 0 Å². The number of rotatable bonds is 5. The third-order valence-corrected chi connectivity index (χ3v) is 1.26. The van der Waals surface area contributed by atoms with Gasteiger partial charge in [-0.3, -0.25) is 0 Å². The Labute approximate surface area is 63.4 Å². The Bertz CT molecular complexity index is 50.5. The first-order chi connectivity index (χ1) is 3.91. The Morgan fingerprint density at radius 2 is 1.89 bits per heavy atom. The molecule has 0 N–H and O–H groups in total. The quantitative estimate of drug-likeness (QED) is 0.313. The maximum absolute atomic E-state index is 3.66. The molecule has 0 spiro atoms. The van der Waals surface area contributed by atoms with Crippen molar-refractivity contribution in [1.82, 2.24) is 0 Å². The largest absolute Gasteiger partial charge is 0.103 e. The van der Waals surface area contributed by atoms with Gasteiger partial charge in [-0.15, -0.1) is 6.58 Å². The minimum Gasteiger partial charge on any atom is -0.103 e. The van der Waals surface area contributed by atoms with Gasteiger partial charge in [0.05, 0.1) is 0 Å². The van der Waals surface area contributed by atoms with Gasteiger partial charge in [0.1, 0.15) is 0 Å². The Morgan fingerprint density at radius 3 is 2.33 bits per heavy atom. The SMILES string of the molecule is C=CCCCCCC.[SiH4]. The van der Waals surface area contributed by atoms with E-state index in [0.29, 0.717) is 0 Å². The molecule has 0 aliphatic rings. The summed E-state index contributed by atoms with van der Waals surface area (Å²) in [6.07, 6.45) is 8.61. The molecular weight excluding hydrogens is 124 g/mol. The fraction of sp³-hybridized carbons (Fsp3) is 0.750. The van der Waals surface area contributed by atoms with Crippen LogP contribution in [-0.2, 0) is 0 Å². The molecular formula is C8H20Si. The van der Waals surface area contributed by atoms with Crippen molar-refractivity contribution in [2.45, 2.75) is 39.0 Å². The van der Waals surface area contributed by atoms with Crippen molar-refractivity contribution >= 4 is 11.0 Å². The molecule has 0 aliphatic carbocycles. The maximum Gasteiger partial charge on any atom is -0.0149 e. The maximum atomic E-state index is 3.66. The van der Waals surface area contributed by atoms with Gasteiger partial charge in [-0.05, 0) is 23.8 Å². The minimum atomic E-state index is 0. The lowest BCUT2D eigenvalue weighted by Crippen LogP contribution is -1.71. The summed E-state index contributed by atoms with van der Waals surface area (Å²) in [7, 11) is 0. The molecule has 0 saturated heterocycles. The lowest BCUT2D eigenvalue weighted by molar-refractivity contribution is 0.675. The van der Waals surface area contributed by atoms with Gasteiger partial charge in [0.2, 0.25) is 0 Å². The molecule has 0 unspecified atom stereocenters. The summed E-state index contributed by atoms with van der Waals surface area (Å²) in [5.41, 5.74) is 0. The topological polar surface area (TPSA) is 0 Å². The predicted octanol–water partition coefficient (Wildman–Crippen LogP) is 1.69. The molecule has 0 aliphatic heterocycles. The molecule has 0 aromatic heterocycles. The van der Waals surface area contributed by atoms with Crippen LogP contribution in [0.5, 0.6) is 0 Å². The normalized spacial score (nSPS) is 8.11. The highest BCUT2D eigenvalue weighted by Gasteiger charge is 1.81. The van der Waals surface area contributed by atoms with Gasteiger partial charge in [0, 0.05) is 0 Å². The second-order valence-corrected chi connectivity index (χ2v) is 2.14. The number of allylic oxidation sites excluding steroid dienone is 1. The molecule has 56 valence electrons. The first kappa shape index (κ1) is 11.7. The Balaban J connectivity index is 0. The van der Waals surface area contributed by atoms with Crippen LogP contribution in [0.15, 0.2) is 12.7 Å². The van der Waals surface area contributed by atoms with Crippen molar-refractivity contribution in [2.24, 2.45) is 0 Å². The van der Waals surface area contributed by atoms with Crippen LogP contribution in [0.1, 0.15) is 39.0 Å². The average molecular weight is 144 g/mol. The van der Waals surface area contributed by atoms with Gasteiger partial charge < -0.3 is 0 Å². The van der Waals surface area contributed by atoms with Gasteiger partial charge in [-0.25, -0.2) is 0 Å². The van der Waals surface area contributed by atoms with Crippen LogP contribution in [0.3, 0.4) is 0 Å². The monoisotopic (exact) mass is 144 g/mol. The van der Waals surface area contributed by atoms with Gasteiger partial charge in [-0.2, -0.15) is 0 Å². The lowest BCUT2D eigenvalue weighted by atomic mass is 10.2. The molecule has 0 radical (unpaired) electrons. The van der Waals surface area contributed by atoms with Gasteiger partial charge >= 0.3 is 0 Å². The molecule has 0 bridgehead atoms. The van der Waals surface area contributed by atoms with E-state index in [0.717, 1.165) is 0 Å². The molecule has 0 aromatic carbocycles. The van der Waals surface area contributed by atoms with E-state index in [2.05, 4.69) is 13.5 Å². The highest BCUT2D eigenvalue weighted by molar-refractivity contribution is 5.75. The summed E-state index contributed by atoms with van der Waals surface area (Å²) in [6.45, 7) is 5.89. The molecule has 0 rings (SSSR count). The van der Waals surface area contributed by atoms with E-state index in [9.17, 15) is 0 Å². The number of hydrogen-bond donors (Lipinski definition) is 0. The molecule has 1 heteroatoms. The third kappa shape index (κ3) is 11.5. The van der Waals surface area contributed by atoms with Crippen molar-refractivity contribution in [3.63, 3.8) is 0 Å². The summed E-state index contributed by atoms with van der Waals surface area (Å²) in [5, 5.41) is 0. The highest BCUT2D eigenvalue weighted by atomic mass is 28.1. The smallest absolute Gasteiger partial charge is 0.0149 e. The van der Waals surface area contributed by atoms with Crippen LogP contribution in [-0.4, -0.2) is 11.0 Å².